The Kier molecular flexibility index (Phi) is 7.61. The zero-order valence-electron chi connectivity index (χ0n) is 17.8. The average molecular weight is 393 g/mol. The zero-order chi connectivity index (χ0) is 21.7. The number of rotatable bonds is 7. The highest BCUT2D eigenvalue weighted by atomic mass is 16.6. The highest BCUT2D eigenvalue weighted by Crippen LogP contribution is 2.38. The van der Waals surface area contributed by atoms with E-state index in [0.717, 1.165) is 11.1 Å². The number of carboxylic acid groups (broad SMARTS) is 1. The van der Waals surface area contributed by atoms with Gasteiger partial charge in [-0.1, -0.05) is 19.9 Å². The van der Waals surface area contributed by atoms with Crippen molar-refractivity contribution < 1.29 is 29.0 Å². The van der Waals surface area contributed by atoms with E-state index in [4.69, 9.17) is 9.47 Å². The first-order valence-electron chi connectivity index (χ1n) is 9.22. The fraction of sp³-hybridized carbons (Fsp3) is 0.571. The maximum absolute atomic E-state index is 12.3. The quantitative estimate of drug-likeness (QED) is 0.538. The molecule has 1 aromatic carbocycles. The second-order valence-electron chi connectivity index (χ2n) is 8.56. The summed E-state index contributed by atoms with van der Waals surface area (Å²) in [4.78, 5) is 35.2. The van der Waals surface area contributed by atoms with Crippen molar-refractivity contribution in [3.63, 3.8) is 0 Å². The molecule has 0 heterocycles. The minimum atomic E-state index is -0.927. The van der Waals surface area contributed by atoms with E-state index in [0.29, 0.717) is 11.3 Å². The minimum absolute atomic E-state index is 0.0367. The third-order valence-electron chi connectivity index (χ3n) is 3.93. The molecule has 0 unspecified atom stereocenters. The largest absolute Gasteiger partial charge is 0.481 e. The summed E-state index contributed by atoms with van der Waals surface area (Å²) in [5, 5.41) is 11.7. The summed E-state index contributed by atoms with van der Waals surface area (Å²) < 4.78 is 10.6. The molecule has 156 valence electrons. The summed E-state index contributed by atoms with van der Waals surface area (Å²) in [5.41, 5.74) is 1.12. The van der Waals surface area contributed by atoms with E-state index in [1.165, 1.54) is 0 Å². The molecule has 28 heavy (non-hydrogen) atoms. The highest BCUT2D eigenvalue weighted by molar-refractivity contribution is 5.75. The van der Waals surface area contributed by atoms with Gasteiger partial charge in [0.25, 0.3) is 0 Å². The molecule has 0 spiro atoms. The zero-order valence-corrected chi connectivity index (χ0v) is 17.8. The molecule has 0 fully saturated rings. The van der Waals surface area contributed by atoms with Gasteiger partial charge in [-0.2, -0.15) is 0 Å². The maximum atomic E-state index is 12.3. The third kappa shape index (κ3) is 7.58. The van der Waals surface area contributed by atoms with E-state index in [1.54, 1.807) is 40.7 Å². The fourth-order valence-corrected chi connectivity index (χ4v) is 3.10. The van der Waals surface area contributed by atoms with Crippen LogP contribution in [-0.2, 0) is 19.7 Å². The van der Waals surface area contributed by atoms with Crippen LogP contribution in [0, 0.1) is 13.8 Å². The Bertz CT molecular complexity index is 746. The predicted octanol–water partition coefficient (Wildman–Crippen LogP) is 3.88. The number of esters is 1. The average Bonchev–Trinajstić information content (AvgIpc) is 2.42. The summed E-state index contributed by atoms with van der Waals surface area (Å²) in [6.07, 6.45) is -0.734. The van der Waals surface area contributed by atoms with Crippen molar-refractivity contribution in [3.05, 3.63) is 28.8 Å². The number of alkyl carbamates (subject to hydrolysis) is 1. The topological polar surface area (TPSA) is 102 Å². The van der Waals surface area contributed by atoms with E-state index in [2.05, 4.69) is 5.32 Å². The van der Waals surface area contributed by atoms with Crippen LogP contribution >= 0.6 is 0 Å². The van der Waals surface area contributed by atoms with Crippen molar-refractivity contribution in [1.29, 1.82) is 0 Å². The number of ether oxygens (including phenoxy) is 2. The summed E-state index contributed by atoms with van der Waals surface area (Å²) in [6, 6.07) is 3.66. The lowest BCUT2D eigenvalue weighted by Crippen LogP contribution is -2.34. The normalized spacial score (nSPS) is 11.7. The van der Waals surface area contributed by atoms with Crippen molar-refractivity contribution in [2.45, 2.75) is 72.3 Å². The third-order valence-corrected chi connectivity index (χ3v) is 3.93. The van der Waals surface area contributed by atoms with Crippen molar-refractivity contribution >= 4 is 18.0 Å². The molecule has 7 heteroatoms. The molecule has 0 bridgehead atoms. The molecule has 2 N–H and O–H groups in total. The van der Waals surface area contributed by atoms with Gasteiger partial charge in [-0.3, -0.25) is 9.59 Å². The smallest absolute Gasteiger partial charge is 0.407 e. The Labute approximate surface area is 166 Å². The Morgan fingerprint density at radius 2 is 1.68 bits per heavy atom. The molecular weight excluding hydrogens is 362 g/mol. The summed E-state index contributed by atoms with van der Waals surface area (Å²) in [6.45, 7) is 12.7. The Hall–Kier alpha value is -2.57. The van der Waals surface area contributed by atoms with Crippen molar-refractivity contribution in [2.75, 3.05) is 6.54 Å². The predicted molar refractivity (Wildman–Crippen MR) is 106 cm³/mol. The maximum Gasteiger partial charge on any atom is 0.407 e. The monoisotopic (exact) mass is 393 g/mol. The van der Waals surface area contributed by atoms with Crippen molar-refractivity contribution in [2.24, 2.45) is 0 Å². The van der Waals surface area contributed by atoms with Crippen LogP contribution in [0.4, 0.5) is 4.79 Å². The summed E-state index contributed by atoms with van der Waals surface area (Å²) in [7, 11) is 0. The summed E-state index contributed by atoms with van der Waals surface area (Å²) >= 11 is 0. The number of nitrogens with one attached hydrogen (secondary N) is 1. The van der Waals surface area contributed by atoms with Crippen LogP contribution in [0.3, 0.4) is 0 Å². The molecule has 0 aromatic heterocycles. The Balaban J connectivity index is 2.86. The fourth-order valence-electron chi connectivity index (χ4n) is 3.10. The highest BCUT2D eigenvalue weighted by Gasteiger charge is 2.30. The number of carboxylic acids is 1. The van der Waals surface area contributed by atoms with Gasteiger partial charge >= 0.3 is 18.0 Å². The van der Waals surface area contributed by atoms with Gasteiger partial charge in [-0.05, 0) is 51.8 Å². The standard InChI is InChI=1S/C21H31NO6/c1-13-10-14(2)18(21(6,7)12-16(23)24)15(11-13)27-17(25)8-9-22-19(26)28-20(3,4)5/h10-11H,8-9,12H2,1-7H3,(H,22,26)(H,23,24). The van der Waals surface area contributed by atoms with Crippen LogP contribution in [0.25, 0.3) is 0 Å². The molecular formula is C21H31NO6. The van der Waals surface area contributed by atoms with E-state index in [1.807, 2.05) is 19.9 Å². The molecule has 0 aliphatic rings. The van der Waals surface area contributed by atoms with Gasteiger partial charge in [0.2, 0.25) is 0 Å². The van der Waals surface area contributed by atoms with E-state index in [9.17, 15) is 19.5 Å². The van der Waals surface area contributed by atoms with Gasteiger partial charge in [-0.15, -0.1) is 0 Å². The number of amides is 1. The number of benzene rings is 1. The van der Waals surface area contributed by atoms with Crippen molar-refractivity contribution in [3.8, 4) is 5.75 Å². The molecule has 7 nitrogen and oxygen atoms in total. The van der Waals surface area contributed by atoms with Crippen LogP contribution < -0.4 is 10.1 Å². The van der Waals surface area contributed by atoms with E-state index < -0.39 is 29.0 Å². The Morgan fingerprint density at radius 3 is 2.21 bits per heavy atom. The second-order valence-corrected chi connectivity index (χ2v) is 8.56. The first-order chi connectivity index (χ1) is 12.7. The molecule has 1 amide bonds. The van der Waals surface area contributed by atoms with Gasteiger partial charge < -0.3 is 19.9 Å². The minimum Gasteiger partial charge on any atom is -0.481 e. The van der Waals surface area contributed by atoms with Crippen LogP contribution in [0.2, 0.25) is 0 Å². The van der Waals surface area contributed by atoms with Crippen LogP contribution in [0.5, 0.6) is 5.75 Å². The number of hydrogen-bond acceptors (Lipinski definition) is 5. The molecule has 1 rings (SSSR count). The Morgan fingerprint density at radius 1 is 1.07 bits per heavy atom. The molecule has 0 aliphatic heterocycles. The molecule has 0 atom stereocenters. The number of carbonyl (C=O) groups excluding carboxylic acids is 2. The van der Waals surface area contributed by atoms with Crippen LogP contribution in [0.15, 0.2) is 12.1 Å². The van der Waals surface area contributed by atoms with Gasteiger partial charge in [-0.25, -0.2) is 4.79 Å². The number of hydrogen-bond donors (Lipinski definition) is 2. The molecule has 0 saturated carbocycles. The van der Waals surface area contributed by atoms with E-state index in [-0.39, 0.29) is 19.4 Å². The molecule has 0 saturated heterocycles. The lowest BCUT2D eigenvalue weighted by atomic mass is 9.78. The molecule has 1 aromatic rings. The second kappa shape index (κ2) is 9.08. The number of carbonyl (C=O) groups is 3. The SMILES string of the molecule is Cc1cc(C)c(C(C)(C)CC(=O)O)c(OC(=O)CCNC(=O)OC(C)(C)C)c1. The van der Waals surface area contributed by atoms with Crippen molar-refractivity contribution in [1.82, 2.24) is 5.32 Å². The summed E-state index contributed by atoms with van der Waals surface area (Å²) in [5.74, 6) is -1.09. The van der Waals surface area contributed by atoms with E-state index >= 15 is 0 Å². The van der Waals surface area contributed by atoms with Gasteiger partial charge in [0.1, 0.15) is 11.4 Å². The van der Waals surface area contributed by atoms with Gasteiger partial charge in [0, 0.05) is 17.5 Å². The van der Waals surface area contributed by atoms with Gasteiger partial charge in [0.15, 0.2) is 0 Å². The number of aliphatic carboxylic acids is 1. The molecule has 0 aliphatic carbocycles. The lowest BCUT2D eigenvalue weighted by molar-refractivity contribution is -0.138. The van der Waals surface area contributed by atoms with Crippen LogP contribution in [-0.4, -0.2) is 35.3 Å². The molecule has 0 radical (unpaired) electrons. The first-order valence-corrected chi connectivity index (χ1v) is 9.22. The lowest BCUT2D eigenvalue weighted by Gasteiger charge is -2.28. The first kappa shape index (κ1) is 23.5. The van der Waals surface area contributed by atoms with Crippen LogP contribution in [0.1, 0.15) is 64.2 Å². The number of aryl methyl sites for hydroxylation is 2. The van der Waals surface area contributed by atoms with Gasteiger partial charge in [0.05, 0.1) is 12.8 Å².